The molecule has 0 aliphatic heterocycles. The molecule has 0 unspecified atom stereocenters. The van der Waals surface area contributed by atoms with E-state index in [0.717, 1.165) is 26.4 Å². The molecule has 0 atom stereocenters. The highest BCUT2D eigenvalue weighted by Crippen LogP contribution is 2.22. The Kier molecular flexibility index (Phi) is 3.63. The van der Waals surface area contributed by atoms with Gasteiger partial charge in [-0.3, -0.25) is 4.79 Å². The number of thiazole rings is 1. The van der Waals surface area contributed by atoms with Crippen LogP contribution in [0.4, 0.5) is 0 Å². The summed E-state index contributed by atoms with van der Waals surface area (Å²) in [6.45, 7) is 0. The molecule has 0 radical (unpaired) electrons. The summed E-state index contributed by atoms with van der Waals surface area (Å²) in [5.41, 5.74) is 1.34. The Morgan fingerprint density at radius 2 is 1.60 bits per heavy atom. The van der Waals surface area contributed by atoms with Gasteiger partial charge in [-0.05, 0) is 12.1 Å². The van der Waals surface area contributed by atoms with Crippen LogP contribution in [0.3, 0.4) is 0 Å². The van der Waals surface area contributed by atoms with E-state index >= 15 is 0 Å². The van der Waals surface area contributed by atoms with Crippen molar-refractivity contribution < 1.29 is 0 Å². The van der Waals surface area contributed by atoms with Gasteiger partial charge in [0.1, 0.15) is 5.01 Å². The second kappa shape index (κ2) is 5.57. The summed E-state index contributed by atoms with van der Waals surface area (Å²) in [4.78, 5) is 14.7. The van der Waals surface area contributed by atoms with Crippen molar-refractivity contribution in [2.75, 3.05) is 0 Å². The van der Waals surface area contributed by atoms with Crippen molar-refractivity contribution in [3.63, 3.8) is 0 Å². The number of hydrogen-bond acceptors (Lipinski definition) is 3. The van der Waals surface area contributed by atoms with Crippen LogP contribution in [-0.4, -0.2) is 4.98 Å². The van der Waals surface area contributed by atoms with Crippen molar-refractivity contribution in [3.8, 4) is 10.6 Å². The molecule has 0 fully saturated rings. The Labute approximate surface area is 125 Å². The lowest BCUT2D eigenvalue weighted by Gasteiger charge is -1.94. The van der Waals surface area contributed by atoms with Crippen LogP contribution >= 0.6 is 22.9 Å². The van der Waals surface area contributed by atoms with Crippen LogP contribution in [0.5, 0.6) is 0 Å². The van der Waals surface area contributed by atoms with E-state index in [1.165, 1.54) is 0 Å². The number of halogens is 1. The first-order chi connectivity index (χ1) is 9.75. The van der Waals surface area contributed by atoms with Crippen molar-refractivity contribution in [1.82, 2.24) is 4.98 Å². The van der Waals surface area contributed by atoms with Gasteiger partial charge in [-0.15, -0.1) is 11.3 Å². The zero-order valence-electron chi connectivity index (χ0n) is 10.4. The number of aromatic nitrogens is 1. The van der Waals surface area contributed by atoms with Gasteiger partial charge < -0.3 is 0 Å². The zero-order valence-corrected chi connectivity index (χ0v) is 12.0. The fraction of sp³-hybridized carbons (Fsp3) is 0. The summed E-state index contributed by atoms with van der Waals surface area (Å²) in [6, 6.07) is 15.1. The maximum atomic E-state index is 10.5. The molecular formula is C16H10ClNOS. The minimum atomic E-state index is 0.218. The molecule has 1 heterocycles. The highest BCUT2D eigenvalue weighted by molar-refractivity contribution is 7.13. The summed E-state index contributed by atoms with van der Waals surface area (Å²) >= 11 is 7.38. The molecule has 1 aromatic heterocycles. The summed E-state index contributed by atoms with van der Waals surface area (Å²) in [7, 11) is 0. The minimum Gasteiger partial charge on any atom is -0.289 e. The summed E-state index contributed by atoms with van der Waals surface area (Å²) < 4.78 is 0. The van der Waals surface area contributed by atoms with Crippen LogP contribution in [0, 0.1) is 0 Å². The third-order valence-electron chi connectivity index (χ3n) is 2.88. The molecule has 0 saturated heterocycles. The summed E-state index contributed by atoms with van der Waals surface area (Å²) in [5.74, 6) is 0. The predicted molar refractivity (Wildman–Crippen MR) is 85.2 cm³/mol. The molecule has 0 N–H and O–H groups in total. The SMILES string of the molecule is Clc1ccc(-c2nccs2)cc1.O=c1c2ccccc12. The Balaban J connectivity index is 0.000000131. The lowest BCUT2D eigenvalue weighted by atomic mass is 10.2. The van der Waals surface area contributed by atoms with Crippen LogP contribution in [0.2, 0.25) is 5.02 Å². The average molecular weight is 300 g/mol. The molecule has 2 nitrogen and oxygen atoms in total. The molecule has 20 heavy (non-hydrogen) atoms. The first-order valence-electron chi connectivity index (χ1n) is 6.05. The smallest absolute Gasteiger partial charge is 0.194 e. The van der Waals surface area contributed by atoms with E-state index in [1.54, 1.807) is 17.5 Å². The fourth-order valence-electron chi connectivity index (χ4n) is 1.79. The molecule has 0 bridgehead atoms. The van der Waals surface area contributed by atoms with E-state index in [0.29, 0.717) is 0 Å². The van der Waals surface area contributed by atoms with Gasteiger partial charge in [0.2, 0.25) is 0 Å². The topological polar surface area (TPSA) is 30.0 Å². The van der Waals surface area contributed by atoms with Crippen LogP contribution in [0.1, 0.15) is 0 Å². The molecule has 98 valence electrons. The standard InChI is InChI=1S/C9H6ClNS.C7H4O/c10-8-3-1-7(2-4-8)9-11-5-6-12-9;8-7-5-3-1-2-4-6(5)7/h1-6H;1-4H. The molecule has 0 aliphatic rings. The summed E-state index contributed by atoms with van der Waals surface area (Å²) in [6.07, 6.45) is 1.80. The van der Waals surface area contributed by atoms with Crippen LogP contribution in [0.15, 0.2) is 64.9 Å². The minimum absolute atomic E-state index is 0.218. The van der Waals surface area contributed by atoms with Gasteiger partial charge in [0.15, 0.2) is 5.43 Å². The third-order valence-corrected chi connectivity index (χ3v) is 3.95. The first kappa shape index (κ1) is 13.0. The van der Waals surface area contributed by atoms with Crippen LogP contribution < -0.4 is 5.43 Å². The van der Waals surface area contributed by atoms with Crippen molar-refractivity contribution in [1.29, 1.82) is 0 Å². The van der Waals surface area contributed by atoms with Crippen molar-refractivity contribution in [2.24, 2.45) is 0 Å². The van der Waals surface area contributed by atoms with Crippen molar-refractivity contribution >= 4 is 33.7 Å². The number of fused-ring (bicyclic) bond motifs is 1. The lowest BCUT2D eigenvalue weighted by molar-refractivity contribution is 1.41. The molecule has 0 spiro atoms. The predicted octanol–water partition coefficient (Wildman–Crippen LogP) is 4.54. The molecule has 3 aromatic carbocycles. The molecule has 0 aliphatic carbocycles. The van der Waals surface area contributed by atoms with E-state index in [9.17, 15) is 4.79 Å². The van der Waals surface area contributed by atoms with Gasteiger partial charge in [0.25, 0.3) is 0 Å². The normalized spacial score (nSPS) is 10.4. The second-order valence-electron chi connectivity index (χ2n) is 4.22. The highest BCUT2D eigenvalue weighted by atomic mass is 35.5. The quantitative estimate of drug-likeness (QED) is 0.516. The number of nitrogens with zero attached hydrogens (tertiary/aromatic N) is 1. The lowest BCUT2D eigenvalue weighted by Crippen LogP contribution is -1.73. The van der Waals surface area contributed by atoms with Crippen LogP contribution in [0.25, 0.3) is 21.3 Å². The van der Waals surface area contributed by atoms with Gasteiger partial charge in [0.05, 0.1) is 0 Å². The summed E-state index contributed by atoms with van der Waals surface area (Å²) in [5, 5.41) is 5.55. The maximum absolute atomic E-state index is 10.5. The van der Waals surface area contributed by atoms with E-state index in [2.05, 4.69) is 4.98 Å². The van der Waals surface area contributed by atoms with Gasteiger partial charge >= 0.3 is 0 Å². The Morgan fingerprint density at radius 3 is 2.10 bits per heavy atom. The van der Waals surface area contributed by atoms with Gasteiger partial charge in [0, 0.05) is 32.9 Å². The largest absolute Gasteiger partial charge is 0.289 e. The molecule has 4 aromatic rings. The van der Waals surface area contributed by atoms with Gasteiger partial charge in [-0.1, -0.05) is 48.0 Å². The second-order valence-corrected chi connectivity index (χ2v) is 5.55. The van der Waals surface area contributed by atoms with Crippen LogP contribution in [-0.2, 0) is 0 Å². The zero-order chi connectivity index (χ0) is 13.9. The number of hydrogen-bond donors (Lipinski definition) is 0. The van der Waals surface area contributed by atoms with Gasteiger partial charge in [-0.25, -0.2) is 4.98 Å². The van der Waals surface area contributed by atoms with Crippen molar-refractivity contribution in [2.45, 2.75) is 0 Å². The number of benzene rings is 2. The molecule has 0 saturated carbocycles. The first-order valence-corrected chi connectivity index (χ1v) is 7.30. The van der Waals surface area contributed by atoms with Gasteiger partial charge in [-0.2, -0.15) is 0 Å². The molecule has 4 heteroatoms. The van der Waals surface area contributed by atoms with E-state index in [4.69, 9.17) is 11.6 Å². The fourth-order valence-corrected chi connectivity index (χ4v) is 2.56. The van der Waals surface area contributed by atoms with E-state index in [-0.39, 0.29) is 5.43 Å². The molecule has 4 rings (SSSR count). The maximum Gasteiger partial charge on any atom is 0.194 e. The Hall–Kier alpha value is -1.97. The monoisotopic (exact) mass is 299 g/mol. The third kappa shape index (κ3) is 2.79. The Morgan fingerprint density at radius 1 is 0.950 bits per heavy atom. The van der Waals surface area contributed by atoms with Crippen molar-refractivity contribution in [3.05, 3.63) is 75.4 Å². The Bertz CT molecular complexity index is 796. The number of rotatable bonds is 1. The van der Waals surface area contributed by atoms with E-state index in [1.807, 2.05) is 53.9 Å². The average Bonchev–Trinajstić information content (AvgIpc) is 2.92. The molecular weight excluding hydrogens is 290 g/mol. The molecule has 0 amide bonds. The van der Waals surface area contributed by atoms with E-state index < -0.39 is 0 Å². The highest BCUT2D eigenvalue weighted by Gasteiger charge is 2.07.